The Morgan fingerprint density at radius 2 is 1.81 bits per heavy atom. The maximum atomic E-state index is 13.9. The third kappa shape index (κ3) is 6.07. The average Bonchev–Trinajstić information content (AvgIpc) is 2.75. The van der Waals surface area contributed by atoms with Crippen molar-refractivity contribution in [1.29, 1.82) is 0 Å². The molecule has 2 aromatic carbocycles. The Hall–Kier alpha value is -2.40. The quantitative estimate of drug-likeness (QED) is 0.566. The van der Waals surface area contributed by atoms with Crippen LogP contribution in [-0.4, -0.2) is 50.8 Å². The fourth-order valence-electron chi connectivity index (χ4n) is 3.45. The van der Waals surface area contributed by atoms with Crippen LogP contribution in [0.5, 0.6) is 0 Å². The van der Waals surface area contributed by atoms with E-state index in [1.807, 2.05) is 0 Å². The second-order valence-electron chi connectivity index (χ2n) is 7.27. The van der Waals surface area contributed by atoms with E-state index in [0.717, 1.165) is 6.07 Å². The summed E-state index contributed by atoms with van der Waals surface area (Å²) in [4.78, 5) is 11.6. The molecule has 1 aliphatic heterocycles. The monoisotopic (exact) mass is 454 g/mol. The van der Waals surface area contributed by atoms with E-state index in [9.17, 15) is 27.1 Å². The van der Waals surface area contributed by atoms with E-state index in [1.54, 1.807) is 0 Å². The molecular weight excluding hydrogens is 430 g/mol. The molecule has 1 heterocycles. The first kappa shape index (κ1) is 23.3. The lowest BCUT2D eigenvalue weighted by Gasteiger charge is -2.36. The number of benzene rings is 2. The smallest absolute Gasteiger partial charge is 0.251 e. The van der Waals surface area contributed by atoms with Gasteiger partial charge in [-0.05, 0) is 55.7 Å². The van der Waals surface area contributed by atoms with Crippen LogP contribution in [0.15, 0.2) is 53.4 Å². The third-order valence-corrected chi connectivity index (χ3v) is 6.61. The fourth-order valence-corrected chi connectivity index (χ4v) is 4.83. The van der Waals surface area contributed by atoms with Crippen LogP contribution < -0.4 is 10.0 Å². The molecule has 7 nitrogen and oxygen atoms in total. The van der Waals surface area contributed by atoms with Crippen molar-refractivity contribution in [2.75, 3.05) is 13.2 Å². The summed E-state index contributed by atoms with van der Waals surface area (Å²) in [7, 11) is -4.11. The van der Waals surface area contributed by atoms with Crippen molar-refractivity contribution in [3.63, 3.8) is 0 Å². The summed E-state index contributed by atoms with van der Waals surface area (Å²) in [5.74, 6) is -1.63. The molecule has 2 aromatic rings. The van der Waals surface area contributed by atoms with Crippen LogP contribution in [0, 0.1) is 11.6 Å². The Morgan fingerprint density at radius 1 is 1.10 bits per heavy atom. The molecular formula is C21H24F2N2O5S. The molecule has 1 fully saturated rings. The minimum absolute atomic E-state index is 0.292. The molecule has 1 aliphatic rings. The van der Waals surface area contributed by atoms with Crippen molar-refractivity contribution < 1.29 is 31.8 Å². The molecule has 0 radical (unpaired) electrons. The summed E-state index contributed by atoms with van der Waals surface area (Å²) in [6.45, 7) is -0.118. The second-order valence-corrected chi connectivity index (χ2v) is 8.95. The van der Waals surface area contributed by atoms with Gasteiger partial charge in [-0.2, -0.15) is 0 Å². The standard InChI is InChI=1S/C21H24F2N2O5S/c22-15-7-5-14(6-8-15)21(27)24-12-11-16-9-10-18(19(13-26)30-16)25-31(28,29)20-4-2-1-3-17(20)23/h1-8,16,18-19,25-26H,9-13H2,(H,24,27)/t16-,18+,19-/m0/s1. The molecule has 0 saturated carbocycles. The molecule has 3 rings (SSSR count). The van der Waals surface area contributed by atoms with Gasteiger partial charge in [0, 0.05) is 12.1 Å². The van der Waals surface area contributed by atoms with Crippen LogP contribution in [0.2, 0.25) is 0 Å². The number of sulfonamides is 1. The molecule has 31 heavy (non-hydrogen) atoms. The normalized spacial score (nSPS) is 21.6. The molecule has 3 atom stereocenters. The fraction of sp³-hybridized carbons (Fsp3) is 0.381. The molecule has 0 spiro atoms. The number of hydrogen-bond acceptors (Lipinski definition) is 5. The average molecular weight is 454 g/mol. The summed E-state index contributed by atoms with van der Waals surface area (Å²) < 4.78 is 60.0. The minimum Gasteiger partial charge on any atom is -0.394 e. The summed E-state index contributed by atoms with van der Waals surface area (Å²) >= 11 is 0. The summed E-state index contributed by atoms with van der Waals surface area (Å²) in [5.41, 5.74) is 0.335. The largest absolute Gasteiger partial charge is 0.394 e. The molecule has 1 amide bonds. The number of halogens is 2. The van der Waals surface area contributed by atoms with E-state index in [2.05, 4.69) is 10.0 Å². The molecule has 10 heteroatoms. The number of nitrogens with one attached hydrogen (secondary N) is 2. The number of hydrogen-bond donors (Lipinski definition) is 3. The van der Waals surface area contributed by atoms with Crippen LogP contribution in [-0.2, 0) is 14.8 Å². The van der Waals surface area contributed by atoms with Gasteiger partial charge in [-0.25, -0.2) is 21.9 Å². The molecule has 168 valence electrons. The number of ether oxygens (including phenoxy) is 1. The van der Waals surface area contributed by atoms with Crippen LogP contribution in [0.3, 0.4) is 0 Å². The molecule has 0 aliphatic carbocycles. The lowest BCUT2D eigenvalue weighted by molar-refractivity contribution is -0.0871. The van der Waals surface area contributed by atoms with Gasteiger partial charge in [-0.15, -0.1) is 0 Å². The van der Waals surface area contributed by atoms with Crippen LogP contribution >= 0.6 is 0 Å². The van der Waals surface area contributed by atoms with Gasteiger partial charge in [0.15, 0.2) is 0 Å². The maximum Gasteiger partial charge on any atom is 0.251 e. The van der Waals surface area contributed by atoms with Gasteiger partial charge in [0.05, 0.1) is 24.9 Å². The summed E-state index contributed by atoms with van der Waals surface area (Å²) in [6, 6.07) is 9.52. The Bertz CT molecular complexity index is 1000. The van der Waals surface area contributed by atoms with Crippen molar-refractivity contribution in [3.05, 3.63) is 65.7 Å². The second kappa shape index (κ2) is 10.3. The maximum absolute atomic E-state index is 13.9. The topological polar surface area (TPSA) is 105 Å². The van der Waals surface area contributed by atoms with Crippen LogP contribution in [0.25, 0.3) is 0 Å². The molecule has 3 N–H and O–H groups in total. The lowest BCUT2D eigenvalue weighted by Crippen LogP contribution is -2.51. The first-order chi connectivity index (χ1) is 14.8. The van der Waals surface area contributed by atoms with Crippen LogP contribution in [0.1, 0.15) is 29.6 Å². The Labute approximate surface area is 179 Å². The summed E-state index contributed by atoms with van der Waals surface area (Å²) in [5, 5.41) is 12.4. The highest BCUT2D eigenvalue weighted by molar-refractivity contribution is 7.89. The van der Waals surface area contributed by atoms with E-state index >= 15 is 0 Å². The number of rotatable bonds is 8. The third-order valence-electron chi connectivity index (χ3n) is 5.09. The molecule has 1 saturated heterocycles. The highest BCUT2D eigenvalue weighted by atomic mass is 32.2. The first-order valence-electron chi connectivity index (χ1n) is 9.87. The van der Waals surface area contributed by atoms with Crippen molar-refractivity contribution in [3.8, 4) is 0 Å². The Kier molecular flexibility index (Phi) is 7.71. The zero-order chi connectivity index (χ0) is 22.4. The van der Waals surface area contributed by atoms with Gasteiger partial charge in [-0.1, -0.05) is 12.1 Å². The molecule has 0 unspecified atom stereocenters. The SMILES string of the molecule is O=C(NCC[C@@H]1CC[C@@H](NS(=O)(=O)c2ccccc2F)[C@H](CO)O1)c1ccc(F)cc1. The first-order valence-corrected chi connectivity index (χ1v) is 11.4. The molecule has 0 bridgehead atoms. The Morgan fingerprint density at radius 3 is 2.48 bits per heavy atom. The van der Waals surface area contributed by atoms with E-state index in [1.165, 1.54) is 42.5 Å². The predicted octanol–water partition coefficient (Wildman–Crippen LogP) is 1.97. The minimum atomic E-state index is -4.11. The Balaban J connectivity index is 1.51. The van der Waals surface area contributed by atoms with Gasteiger partial charge in [0.2, 0.25) is 10.0 Å². The van der Waals surface area contributed by atoms with Gasteiger partial charge in [-0.3, -0.25) is 4.79 Å². The van der Waals surface area contributed by atoms with Crippen LogP contribution in [0.4, 0.5) is 8.78 Å². The van der Waals surface area contributed by atoms with Crippen molar-refractivity contribution in [1.82, 2.24) is 10.0 Å². The van der Waals surface area contributed by atoms with Gasteiger partial charge < -0.3 is 15.2 Å². The number of aliphatic hydroxyl groups is 1. The van der Waals surface area contributed by atoms with E-state index in [-0.39, 0.29) is 12.0 Å². The zero-order valence-corrected chi connectivity index (χ0v) is 17.4. The van der Waals surface area contributed by atoms with Gasteiger partial charge in [0.1, 0.15) is 16.5 Å². The molecule has 0 aromatic heterocycles. The summed E-state index contributed by atoms with van der Waals surface area (Å²) in [6.07, 6.45) is 0.243. The number of carbonyl (C=O) groups excluding carboxylic acids is 1. The number of aliphatic hydroxyl groups excluding tert-OH is 1. The van der Waals surface area contributed by atoms with Crippen molar-refractivity contribution in [2.45, 2.75) is 42.4 Å². The lowest BCUT2D eigenvalue weighted by atomic mass is 9.98. The van der Waals surface area contributed by atoms with Gasteiger partial charge >= 0.3 is 0 Å². The van der Waals surface area contributed by atoms with Crippen molar-refractivity contribution >= 4 is 15.9 Å². The number of carbonyl (C=O) groups is 1. The predicted molar refractivity (Wildman–Crippen MR) is 109 cm³/mol. The van der Waals surface area contributed by atoms with E-state index < -0.39 is 45.3 Å². The highest BCUT2D eigenvalue weighted by Gasteiger charge is 2.34. The van der Waals surface area contributed by atoms with E-state index in [4.69, 9.17) is 4.74 Å². The highest BCUT2D eigenvalue weighted by Crippen LogP contribution is 2.24. The zero-order valence-electron chi connectivity index (χ0n) is 16.6. The number of amides is 1. The van der Waals surface area contributed by atoms with E-state index in [0.29, 0.717) is 31.4 Å². The van der Waals surface area contributed by atoms with Crippen molar-refractivity contribution in [2.24, 2.45) is 0 Å². The van der Waals surface area contributed by atoms with Gasteiger partial charge in [0.25, 0.3) is 5.91 Å².